The number of allylic oxidation sites excluding steroid dienone is 1. The number of hydrogen-bond donors (Lipinski definition) is 0. The summed E-state index contributed by atoms with van der Waals surface area (Å²) < 4.78 is 10.9. The van der Waals surface area contributed by atoms with Gasteiger partial charge in [0.1, 0.15) is 5.75 Å². The molecule has 0 bridgehead atoms. The smallest absolute Gasteiger partial charge is 0.330 e. The lowest BCUT2D eigenvalue weighted by atomic mass is 9.90. The van der Waals surface area contributed by atoms with Crippen LogP contribution in [0, 0.1) is 6.92 Å². The molecule has 0 aliphatic heterocycles. The molecule has 0 unspecified atom stereocenters. The third-order valence-corrected chi connectivity index (χ3v) is 5.22. The molecule has 0 heterocycles. The molecular formula is C26H30O3. The van der Waals surface area contributed by atoms with Gasteiger partial charge in [-0.15, -0.1) is 0 Å². The number of esters is 1. The molecule has 3 heteroatoms. The van der Waals surface area contributed by atoms with Gasteiger partial charge in [-0.1, -0.05) is 56.3 Å². The van der Waals surface area contributed by atoms with E-state index in [1.54, 1.807) is 0 Å². The molecule has 1 aliphatic carbocycles. The lowest BCUT2D eigenvalue weighted by Gasteiger charge is -2.15. The monoisotopic (exact) mass is 390 g/mol. The zero-order valence-corrected chi connectivity index (χ0v) is 17.7. The normalized spacial score (nSPS) is 12.5. The van der Waals surface area contributed by atoms with Gasteiger partial charge in [0.2, 0.25) is 0 Å². The maximum absolute atomic E-state index is 11.0. The molecule has 0 radical (unpaired) electrons. The number of benzene rings is 2. The standard InChI is InChI=1S/C26H30O3/c1-5-26(27)29-13-7-6-12-28-23-10-9-20-15-22(16-21(20)17-23)24-11-8-19(4)14-25(24)18(2)3/h5,8-11,14-15,17-18H,1,6-7,12-13,16H2,2-4H3. The van der Waals surface area contributed by atoms with Crippen LogP contribution in [0.2, 0.25) is 0 Å². The van der Waals surface area contributed by atoms with Crippen LogP contribution in [-0.2, 0) is 16.0 Å². The number of hydrogen-bond acceptors (Lipinski definition) is 3. The maximum Gasteiger partial charge on any atom is 0.330 e. The van der Waals surface area contributed by atoms with Gasteiger partial charge in [0.05, 0.1) is 13.2 Å². The Morgan fingerprint density at radius 3 is 2.69 bits per heavy atom. The number of fused-ring (bicyclic) bond motifs is 1. The largest absolute Gasteiger partial charge is 0.494 e. The molecule has 0 fully saturated rings. The number of aryl methyl sites for hydroxylation is 1. The molecule has 2 aromatic rings. The quantitative estimate of drug-likeness (QED) is 0.295. The average molecular weight is 391 g/mol. The zero-order valence-electron chi connectivity index (χ0n) is 17.7. The molecule has 2 aromatic carbocycles. The Labute approximate surface area is 174 Å². The summed E-state index contributed by atoms with van der Waals surface area (Å²) in [5, 5.41) is 0. The summed E-state index contributed by atoms with van der Waals surface area (Å²) in [6.07, 6.45) is 6.05. The Morgan fingerprint density at radius 1 is 1.14 bits per heavy atom. The molecule has 0 saturated carbocycles. The van der Waals surface area contributed by atoms with E-state index in [9.17, 15) is 4.79 Å². The Balaban J connectivity index is 1.58. The molecule has 0 atom stereocenters. The van der Waals surface area contributed by atoms with Crippen molar-refractivity contribution in [3.63, 3.8) is 0 Å². The minimum atomic E-state index is -0.373. The summed E-state index contributed by atoms with van der Waals surface area (Å²) in [6.45, 7) is 11.1. The minimum absolute atomic E-state index is 0.373. The SMILES string of the molecule is C=CC(=O)OCCCCOc1ccc2c(c1)CC(c1ccc(C)cc1C(C)C)=C2. The molecule has 0 aromatic heterocycles. The van der Waals surface area contributed by atoms with Gasteiger partial charge < -0.3 is 9.47 Å². The highest BCUT2D eigenvalue weighted by Crippen LogP contribution is 2.37. The first-order valence-electron chi connectivity index (χ1n) is 10.3. The molecule has 0 saturated heterocycles. The van der Waals surface area contributed by atoms with Gasteiger partial charge in [-0.25, -0.2) is 4.79 Å². The number of ether oxygens (including phenoxy) is 2. The number of carbonyl (C=O) groups is 1. The summed E-state index contributed by atoms with van der Waals surface area (Å²) in [5.41, 5.74) is 8.05. The first kappa shape index (κ1) is 20.9. The van der Waals surface area contributed by atoms with Gasteiger partial charge in [-0.05, 0) is 72.1 Å². The molecule has 0 amide bonds. The summed E-state index contributed by atoms with van der Waals surface area (Å²) >= 11 is 0. The highest BCUT2D eigenvalue weighted by Gasteiger charge is 2.18. The fraction of sp³-hybridized carbons (Fsp3) is 0.346. The predicted molar refractivity (Wildman–Crippen MR) is 119 cm³/mol. The van der Waals surface area contributed by atoms with Crippen molar-refractivity contribution in [3.8, 4) is 5.75 Å². The van der Waals surface area contributed by atoms with E-state index < -0.39 is 0 Å². The van der Waals surface area contributed by atoms with Crippen LogP contribution in [0.4, 0.5) is 0 Å². The molecule has 3 rings (SSSR count). The van der Waals surface area contributed by atoms with Crippen LogP contribution < -0.4 is 4.74 Å². The van der Waals surface area contributed by atoms with Crippen LogP contribution in [-0.4, -0.2) is 19.2 Å². The second-order valence-corrected chi connectivity index (χ2v) is 7.88. The van der Waals surface area contributed by atoms with E-state index >= 15 is 0 Å². The summed E-state index contributed by atoms with van der Waals surface area (Å²) in [7, 11) is 0. The molecule has 0 N–H and O–H groups in total. The van der Waals surface area contributed by atoms with Gasteiger partial charge >= 0.3 is 5.97 Å². The predicted octanol–water partition coefficient (Wildman–Crippen LogP) is 6.10. The minimum Gasteiger partial charge on any atom is -0.494 e. The van der Waals surface area contributed by atoms with E-state index in [0.29, 0.717) is 19.1 Å². The lowest BCUT2D eigenvalue weighted by molar-refractivity contribution is -0.137. The van der Waals surface area contributed by atoms with Crippen LogP contribution >= 0.6 is 0 Å². The Bertz CT molecular complexity index is 922. The number of unbranched alkanes of at least 4 members (excludes halogenated alkanes) is 1. The van der Waals surface area contributed by atoms with Crippen molar-refractivity contribution in [2.45, 2.75) is 46.0 Å². The maximum atomic E-state index is 11.0. The van der Waals surface area contributed by atoms with Crippen molar-refractivity contribution in [1.82, 2.24) is 0 Å². The lowest BCUT2D eigenvalue weighted by Crippen LogP contribution is -2.04. The first-order chi connectivity index (χ1) is 14.0. The van der Waals surface area contributed by atoms with Crippen LogP contribution in [0.5, 0.6) is 5.75 Å². The fourth-order valence-electron chi connectivity index (χ4n) is 3.66. The van der Waals surface area contributed by atoms with Gasteiger partial charge in [0, 0.05) is 6.08 Å². The number of carbonyl (C=O) groups excluding carboxylic acids is 1. The fourth-order valence-corrected chi connectivity index (χ4v) is 3.66. The highest BCUT2D eigenvalue weighted by molar-refractivity contribution is 5.90. The van der Waals surface area contributed by atoms with E-state index in [1.807, 2.05) is 6.07 Å². The van der Waals surface area contributed by atoms with Gasteiger partial charge in [0.25, 0.3) is 0 Å². The van der Waals surface area contributed by atoms with Crippen molar-refractivity contribution in [2.24, 2.45) is 0 Å². The van der Waals surface area contributed by atoms with Crippen LogP contribution in [0.1, 0.15) is 60.4 Å². The molecule has 3 nitrogen and oxygen atoms in total. The summed E-state index contributed by atoms with van der Waals surface area (Å²) in [5.74, 6) is 1.02. The third kappa shape index (κ3) is 5.38. The second-order valence-electron chi connectivity index (χ2n) is 7.88. The van der Waals surface area contributed by atoms with Crippen molar-refractivity contribution in [3.05, 3.63) is 76.9 Å². The molecule has 0 spiro atoms. The average Bonchev–Trinajstić information content (AvgIpc) is 3.13. The third-order valence-electron chi connectivity index (χ3n) is 5.22. The Morgan fingerprint density at radius 2 is 1.93 bits per heavy atom. The van der Waals surface area contributed by atoms with Crippen molar-refractivity contribution in [2.75, 3.05) is 13.2 Å². The Hall–Kier alpha value is -2.81. The van der Waals surface area contributed by atoms with Crippen molar-refractivity contribution in [1.29, 1.82) is 0 Å². The summed E-state index contributed by atoms with van der Waals surface area (Å²) in [6, 6.07) is 13.1. The van der Waals surface area contributed by atoms with Crippen molar-refractivity contribution >= 4 is 17.6 Å². The first-order valence-corrected chi connectivity index (χ1v) is 10.3. The van der Waals surface area contributed by atoms with Gasteiger partial charge in [-0.3, -0.25) is 0 Å². The van der Waals surface area contributed by atoms with E-state index in [2.05, 4.69) is 63.8 Å². The summed E-state index contributed by atoms with van der Waals surface area (Å²) in [4.78, 5) is 11.0. The van der Waals surface area contributed by atoms with E-state index in [-0.39, 0.29) is 5.97 Å². The molecule has 1 aliphatic rings. The van der Waals surface area contributed by atoms with Crippen LogP contribution in [0.25, 0.3) is 11.6 Å². The second kappa shape index (κ2) is 9.60. The molecular weight excluding hydrogens is 360 g/mol. The zero-order chi connectivity index (χ0) is 20.8. The highest BCUT2D eigenvalue weighted by atomic mass is 16.5. The van der Waals surface area contributed by atoms with Crippen LogP contribution in [0.3, 0.4) is 0 Å². The van der Waals surface area contributed by atoms with E-state index in [1.165, 1.54) is 39.5 Å². The van der Waals surface area contributed by atoms with Gasteiger partial charge in [-0.2, -0.15) is 0 Å². The Kier molecular flexibility index (Phi) is 6.92. The topological polar surface area (TPSA) is 35.5 Å². The van der Waals surface area contributed by atoms with Gasteiger partial charge in [0.15, 0.2) is 0 Å². The van der Waals surface area contributed by atoms with E-state index in [0.717, 1.165) is 25.0 Å². The molecule has 29 heavy (non-hydrogen) atoms. The van der Waals surface area contributed by atoms with Crippen LogP contribution in [0.15, 0.2) is 49.1 Å². The molecule has 152 valence electrons. The van der Waals surface area contributed by atoms with E-state index in [4.69, 9.17) is 9.47 Å². The number of rotatable bonds is 9. The van der Waals surface area contributed by atoms with Crippen molar-refractivity contribution < 1.29 is 14.3 Å².